The third-order valence-electron chi connectivity index (χ3n) is 2.24. The fraction of sp³-hybridized carbons (Fsp3) is 0.667. The Morgan fingerprint density at radius 3 is 2.65 bits per heavy atom. The van der Waals surface area contributed by atoms with Gasteiger partial charge in [0.15, 0.2) is 5.13 Å². The van der Waals surface area contributed by atoms with Crippen molar-refractivity contribution in [2.45, 2.75) is 40.0 Å². The molecule has 1 rings (SSSR count). The number of thiazole rings is 1. The molecule has 0 saturated heterocycles. The van der Waals surface area contributed by atoms with Crippen LogP contribution in [0.3, 0.4) is 0 Å². The molecular formula is C12H20N2O4S2. The molecule has 0 aliphatic carbocycles. The fourth-order valence-electron chi connectivity index (χ4n) is 1.63. The van der Waals surface area contributed by atoms with Crippen LogP contribution in [0.25, 0.3) is 0 Å². The van der Waals surface area contributed by atoms with Crippen LogP contribution in [0, 0.1) is 5.41 Å². The van der Waals surface area contributed by atoms with Crippen molar-refractivity contribution in [1.29, 1.82) is 0 Å². The van der Waals surface area contributed by atoms with E-state index < -0.39 is 16.0 Å². The van der Waals surface area contributed by atoms with Gasteiger partial charge >= 0.3 is 5.97 Å². The molecule has 6 nitrogen and oxygen atoms in total. The van der Waals surface area contributed by atoms with Gasteiger partial charge in [-0.1, -0.05) is 20.8 Å². The number of hydrogen-bond acceptors (Lipinski definition) is 5. The average Bonchev–Trinajstić information content (AvgIpc) is 2.60. The zero-order valence-electron chi connectivity index (χ0n) is 11.8. The minimum atomic E-state index is -3.41. The van der Waals surface area contributed by atoms with E-state index in [4.69, 9.17) is 5.11 Å². The molecule has 0 radical (unpaired) electrons. The lowest BCUT2D eigenvalue weighted by Crippen LogP contribution is -2.26. The molecule has 1 aromatic heterocycles. The van der Waals surface area contributed by atoms with Crippen molar-refractivity contribution in [2.24, 2.45) is 5.41 Å². The van der Waals surface area contributed by atoms with E-state index in [1.54, 1.807) is 5.38 Å². The van der Waals surface area contributed by atoms with Gasteiger partial charge in [-0.3, -0.25) is 9.52 Å². The molecule has 8 heteroatoms. The second-order valence-corrected chi connectivity index (χ2v) is 8.39. The number of nitrogens with one attached hydrogen (secondary N) is 1. The summed E-state index contributed by atoms with van der Waals surface area (Å²) in [5, 5.41) is 10.6. The molecule has 2 N–H and O–H groups in total. The van der Waals surface area contributed by atoms with Gasteiger partial charge in [-0.25, -0.2) is 13.4 Å². The summed E-state index contributed by atoms with van der Waals surface area (Å²) in [7, 11) is -3.41. The Bertz CT molecular complexity index is 558. The number of aromatic nitrogens is 1. The lowest BCUT2D eigenvalue weighted by atomic mass is 10.0. The Morgan fingerprint density at radius 2 is 2.10 bits per heavy atom. The van der Waals surface area contributed by atoms with Gasteiger partial charge in [-0.05, 0) is 18.3 Å². The van der Waals surface area contributed by atoms with E-state index in [1.165, 1.54) is 11.3 Å². The summed E-state index contributed by atoms with van der Waals surface area (Å²) in [6, 6.07) is 0. The molecule has 0 amide bonds. The van der Waals surface area contributed by atoms with Crippen molar-refractivity contribution in [1.82, 2.24) is 4.98 Å². The summed E-state index contributed by atoms with van der Waals surface area (Å²) < 4.78 is 26.3. The third kappa shape index (κ3) is 6.85. The van der Waals surface area contributed by atoms with Crippen LogP contribution in [-0.2, 0) is 21.2 Å². The minimum absolute atomic E-state index is 0.0218. The maximum atomic E-state index is 11.9. The monoisotopic (exact) mass is 320 g/mol. The molecule has 0 saturated carbocycles. The normalized spacial score (nSPS) is 12.3. The van der Waals surface area contributed by atoms with E-state index in [0.29, 0.717) is 23.7 Å². The lowest BCUT2D eigenvalue weighted by Gasteiger charge is -2.17. The van der Waals surface area contributed by atoms with Gasteiger partial charge in [0.25, 0.3) is 0 Å². The zero-order valence-corrected chi connectivity index (χ0v) is 13.5. The van der Waals surface area contributed by atoms with E-state index in [0.717, 1.165) is 0 Å². The van der Waals surface area contributed by atoms with Gasteiger partial charge in [-0.15, -0.1) is 11.3 Å². The summed E-state index contributed by atoms with van der Waals surface area (Å²) in [5.41, 5.74) is 0.387. The van der Waals surface area contributed by atoms with Gasteiger partial charge in [0.1, 0.15) is 0 Å². The number of aliphatic carboxylic acids is 1. The average molecular weight is 320 g/mol. The maximum Gasteiger partial charge on any atom is 0.303 e. The van der Waals surface area contributed by atoms with Crippen LogP contribution < -0.4 is 4.72 Å². The molecule has 0 spiro atoms. The number of anilines is 1. The van der Waals surface area contributed by atoms with Crippen molar-refractivity contribution in [3.05, 3.63) is 11.1 Å². The molecule has 0 aromatic carbocycles. The molecule has 0 aliphatic heterocycles. The molecule has 0 unspecified atom stereocenters. The number of carbonyl (C=O) groups is 1. The predicted octanol–water partition coefficient (Wildman–Crippen LogP) is 2.34. The van der Waals surface area contributed by atoms with E-state index in [1.807, 2.05) is 20.8 Å². The molecule has 0 atom stereocenters. The van der Waals surface area contributed by atoms with Crippen molar-refractivity contribution < 1.29 is 18.3 Å². The maximum absolute atomic E-state index is 11.9. The van der Waals surface area contributed by atoms with Crippen LogP contribution in [0.5, 0.6) is 0 Å². The quantitative estimate of drug-likeness (QED) is 0.804. The highest BCUT2D eigenvalue weighted by Gasteiger charge is 2.22. The van der Waals surface area contributed by atoms with Crippen LogP contribution in [0.15, 0.2) is 5.38 Å². The third-order valence-corrected chi connectivity index (χ3v) is 4.93. The number of carboxylic acids is 1. The SMILES string of the molecule is CC(C)(C)CS(=O)(=O)Nc1nc(CCCC(=O)O)cs1. The van der Waals surface area contributed by atoms with Crippen molar-refractivity contribution in [3.63, 3.8) is 0 Å². The zero-order chi connectivity index (χ0) is 15.4. The van der Waals surface area contributed by atoms with Crippen LogP contribution in [0.2, 0.25) is 0 Å². The Labute approximate surface area is 123 Å². The van der Waals surface area contributed by atoms with E-state index in [2.05, 4.69) is 9.71 Å². The summed E-state index contributed by atoms with van der Waals surface area (Å²) in [6.45, 7) is 5.56. The molecule has 1 aromatic rings. The molecule has 0 aliphatic rings. The van der Waals surface area contributed by atoms with Gasteiger partial charge in [0.2, 0.25) is 10.0 Å². The molecule has 1 heterocycles. The summed E-state index contributed by atoms with van der Waals surface area (Å²) >= 11 is 1.21. The first-order valence-electron chi connectivity index (χ1n) is 6.24. The van der Waals surface area contributed by atoms with Gasteiger partial charge in [-0.2, -0.15) is 0 Å². The smallest absolute Gasteiger partial charge is 0.303 e. The summed E-state index contributed by atoms with van der Waals surface area (Å²) in [5.74, 6) is -0.820. The number of sulfonamides is 1. The number of carboxylic acid groups (broad SMARTS) is 1. The fourth-order valence-corrected chi connectivity index (χ4v) is 4.31. The second kappa shape index (κ2) is 6.53. The number of hydrogen-bond donors (Lipinski definition) is 2. The molecule has 114 valence electrons. The van der Waals surface area contributed by atoms with Crippen molar-refractivity contribution >= 4 is 32.5 Å². The van der Waals surface area contributed by atoms with E-state index >= 15 is 0 Å². The van der Waals surface area contributed by atoms with Crippen LogP contribution in [0.1, 0.15) is 39.3 Å². The number of nitrogens with zero attached hydrogens (tertiary/aromatic N) is 1. The van der Waals surface area contributed by atoms with Crippen LogP contribution in [0.4, 0.5) is 5.13 Å². The lowest BCUT2D eigenvalue weighted by molar-refractivity contribution is -0.137. The molecule has 20 heavy (non-hydrogen) atoms. The second-order valence-electron chi connectivity index (χ2n) is 5.81. The van der Waals surface area contributed by atoms with Crippen LogP contribution >= 0.6 is 11.3 Å². The first-order valence-corrected chi connectivity index (χ1v) is 8.77. The minimum Gasteiger partial charge on any atom is -0.481 e. The molecule has 0 fully saturated rings. The molecular weight excluding hydrogens is 300 g/mol. The first-order chi connectivity index (χ1) is 9.07. The highest BCUT2D eigenvalue weighted by molar-refractivity contribution is 7.92. The Balaban J connectivity index is 2.57. The standard InChI is InChI=1S/C12H20N2O4S2/c1-12(2,3)8-20(17,18)14-11-13-9(7-19-11)5-4-6-10(15)16/h7H,4-6,8H2,1-3H3,(H,13,14)(H,15,16). The van der Waals surface area contributed by atoms with E-state index in [-0.39, 0.29) is 17.6 Å². The Morgan fingerprint density at radius 1 is 1.45 bits per heavy atom. The van der Waals surface area contributed by atoms with E-state index in [9.17, 15) is 13.2 Å². The highest BCUT2D eigenvalue weighted by atomic mass is 32.2. The van der Waals surface area contributed by atoms with Gasteiger partial charge in [0.05, 0.1) is 11.4 Å². The first kappa shape index (κ1) is 16.9. The number of aryl methyl sites for hydroxylation is 1. The summed E-state index contributed by atoms with van der Waals surface area (Å²) in [6.07, 6.45) is 1.11. The van der Waals surface area contributed by atoms with Crippen LogP contribution in [-0.4, -0.2) is 30.2 Å². The Hall–Kier alpha value is -1.15. The van der Waals surface area contributed by atoms with Crippen molar-refractivity contribution in [2.75, 3.05) is 10.5 Å². The topological polar surface area (TPSA) is 96.4 Å². The Kier molecular flexibility index (Phi) is 5.52. The highest BCUT2D eigenvalue weighted by Crippen LogP contribution is 2.21. The largest absolute Gasteiger partial charge is 0.481 e. The van der Waals surface area contributed by atoms with Crippen molar-refractivity contribution in [3.8, 4) is 0 Å². The number of rotatable bonds is 7. The summed E-state index contributed by atoms with van der Waals surface area (Å²) in [4.78, 5) is 14.6. The predicted molar refractivity (Wildman–Crippen MR) is 79.6 cm³/mol. The van der Waals surface area contributed by atoms with Gasteiger partial charge < -0.3 is 5.11 Å². The molecule has 0 bridgehead atoms. The van der Waals surface area contributed by atoms with Gasteiger partial charge in [0, 0.05) is 11.8 Å².